The van der Waals surface area contributed by atoms with Crippen molar-refractivity contribution in [3.63, 3.8) is 0 Å². The molecule has 9 heteroatoms. The van der Waals surface area contributed by atoms with E-state index in [-0.39, 0.29) is 17.3 Å². The molecule has 0 aliphatic carbocycles. The summed E-state index contributed by atoms with van der Waals surface area (Å²) in [4.78, 5) is 37.0. The number of aromatic carboxylic acids is 1. The Morgan fingerprint density at radius 3 is 2.38 bits per heavy atom. The van der Waals surface area contributed by atoms with Gasteiger partial charge in [-0.2, -0.15) is 5.26 Å². The Balaban J connectivity index is 0.000000302. The van der Waals surface area contributed by atoms with Gasteiger partial charge in [-0.25, -0.2) is 9.59 Å². The van der Waals surface area contributed by atoms with E-state index < -0.39 is 5.97 Å². The molecule has 0 saturated carbocycles. The first kappa shape index (κ1) is 24.5. The molecule has 2 aromatic carbocycles. The van der Waals surface area contributed by atoms with Gasteiger partial charge < -0.3 is 15.7 Å². The van der Waals surface area contributed by atoms with Crippen LogP contribution in [0.15, 0.2) is 70.3 Å². The number of rotatable bonds is 4. The third-order valence-electron chi connectivity index (χ3n) is 5.60. The molecular formula is C25H27N5O4. The van der Waals surface area contributed by atoms with E-state index in [9.17, 15) is 14.4 Å². The first-order valence-electron chi connectivity index (χ1n) is 10.9. The zero-order chi connectivity index (χ0) is 24.7. The maximum absolute atomic E-state index is 12.7. The molecule has 1 fully saturated rings. The molecule has 1 aliphatic heterocycles. The minimum atomic E-state index is -0.879. The van der Waals surface area contributed by atoms with E-state index >= 15 is 0 Å². The SMILES string of the molecule is Cn1c(=O)cc(N2CCC[C@@H](N)C2)n(Cc2ccc(C#N)cc2)c1=O.O=C(O)c1ccccc1. The average molecular weight is 462 g/mol. The van der Waals surface area contributed by atoms with Crippen LogP contribution in [-0.4, -0.2) is 39.3 Å². The molecule has 1 aliphatic rings. The molecule has 3 N–H and O–H groups in total. The maximum Gasteiger partial charge on any atom is 0.335 e. The maximum atomic E-state index is 12.7. The first-order valence-corrected chi connectivity index (χ1v) is 10.9. The van der Waals surface area contributed by atoms with Gasteiger partial charge in [-0.15, -0.1) is 0 Å². The number of hydrogen-bond donors (Lipinski definition) is 2. The van der Waals surface area contributed by atoms with Gasteiger partial charge in [-0.05, 0) is 42.7 Å². The summed E-state index contributed by atoms with van der Waals surface area (Å²) in [7, 11) is 1.48. The van der Waals surface area contributed by atoms with Crippen molar-refractivity contribution in [3.05, 3.63) is 98.2 Å². The number of anilines is 1. The largest absolute Gasteiger partial charge is 0.478 e. The molecule has 2 heterocycles. The molecule has 0 unspecified atom stereocenters. The Hall–Kier alpha value is -4.16. The van der Waals surface area contributed by atoms with Crippen molar-refractivity contribution in [2.75, 3.05) is 18.0 Å². The number of nitrogens with two attached hydrogens (primary N) is 1. The lowest BCUT2D eigenvalue weighted by molar-refractivity contribution is 0.0697. The predicted molar refractivity (Wildman–Crippen MR) is 129 cm³/mol. The topological polar surface area (TPSA) is 134 Å². The van der Waals surface area contributed by atoms with Gasteiger partial charge in [-0.1, -0.05) is 30.3 Å². The molecule has 0 amide bonds. The van der Waals surface area contributed by atoms with Crippen LogP contribution in [0.5, 0.6) is 0 Å². The molecule has 1 atom stereocenters. The molecular weight excluding hydrogens is 434 g/mol. The van der Waals surface area contributed by atoms with Crippen LogP contribution in [0.1, 0.15) is 34.3 Å². The molecule has 34 heavy (non-hydrogen) atoms. The first-order chi connectivity index (χ1) is 16.3. The summed E-state index contributed by atoms with van der Waals surface area (Å²) in [5, 5.41) is 17.3. The van der Waals surface area contributed by atoms with Crippen LogP contribution in [0.25, 0.3) is 0 Å². The number of aromatic nitrogens is 2. The van der Waals surface area contributed by atoms with Gasteiger partial charge in [0, 0.05) is 32.2 Å². The fourth-order valence-corrected chi connectivity index (χ4v) is 3.74. The van der Waals surface area contributed by atoms with Crippen molar-refractivity contribution in [2.45, 2.75) is 25.4 Å². The highest BCUT2D eigenvalue weighted by Crippen LogP contribution is 2.18. The van der Waals surface area contributed by atoms with E-state index in [1.165, 1.54) is 13.1 Å². The highest BCUT2D eigenvalue weighted by Gasteiger charge is 2.21. The molecule has 9 nitrogen and oxygen atoms in total. The van der Waals surface area contributed by atoms with Crippen molar-refractivity contribution in [3.8, 4) is 6.07 Å². The molecule has 1 saturated heterocycles. The number of benzene rings is 2. The van der Waals surface area contributed by atoms with Crippen LogP contribution >= 0.6 is 0 Å². The zero-order valence-electron chi connectivity index (χ0n) is 18.9. The number of carboxylic acid groups (broad SMARTS) is 1. The summed E-state index contributed by atoms with van der Waals surface area (Å²) < 4.78 is 2.71. The zero-order valence-corrected chi connectivity index (χ0v) is 18.9. The molecule has 176 valence electrons. The van der Waals surface area contributed by atoms with Gasteiger partial charge in [0.15, 0.2) is 0 Å². The Labute approximate surface area is 196 Å². The minimum absolute atomic E-state index is 0.0382. The van der Waals surface area contributed by atoms with Gasteiger partial charge in [0.25, 0.3) is 5.56 Å². The summed E-state index contributed by atoms with van der Waals surface area (Å²) in [6, 6.07) is 19.0. The van der Waals surface area contributed by atoms with E-state index in [0.29, 0.717) is 30.0 Å². The summed E-state index contributed by atoms with van der Waals surface area (Å²) in [6.07, 6.45) is 1.88. The van der Waals surface area contributed by atoms with Crippen molar-refractivity contribution in [2.24, 2.45) is 12.8 Å². The third-order valence-corrected chi connectivity index (χ3v) is 5.60. The van der Waals surface area contributed by atoms with E-state index in [2.05, 4.69) is 6.07 Å². The quantitative estimate of drug-likeness (QED) is 0.605. The summed E-state index contributed by atoms with van der Waals surface area (Å²) in [6.45, 7) is 1.73. The molecule has 4 rings (SSSR count). The molecule has 3 aromatic rings. The van der Waals surface area contributed by atoms with Gasteiger partial charge in [0.2, 0.25) is 0 Å². The Morgan fingerprint density at radius 2 is 1.82 bits per heavy atom. The van der Waals surface area contributed by atoms with Crippen molar-refractivity contribution >= 4 is 11.8 Å². The molecule has 0 radical (unpaired) electrons. The predicted octanol–water partition coefficient (Wildman–Crippen LogP) is 1.78. The van der Waals surface area contributed by atoms with Crippen LogP contribution in [0.2, 0.25) is 0 Å². The van der Waals surface area contributed by atoms with Crippen molar-refractivity contribution < 1.29 is 9.90 Å². The number of nitriles is 1. The fourth-order valence-electron chi connectivity index (χ4n) is 3.74. The highest BCUT2D eigenvalue weighted by atomic mass is 16.4. The summed E-state index contributed by atoms with van der Waals surface area (Å²) >= 11 is 0. The number of carboxylic acids is 1. The normalized spacial score (nSPS) is 15.1. The highest BCUT2D eigenvalue weighted by molar-refractivity contribution is 5.87. The number of nitrogens with zero attached hydrogens (tertiary/aromatic N) is 4. The number of piperidine rings is 1. The third kappa shape index (κ3) is 5.99. The van der Waals surface area contributed by atoms with E-state index in [4.69, 9.17) is 16.1 Å². The lowest BCUT2D eigenvalue weighted by Gasteiger charge is -2.34. The van der Waals surface area contributed by atoms with Gasteiger partial charge >= 0.3 is 11.7 Å². The van der Waals surface area contributed by atoms with Gasteiger partial charge in [0.1, 0.15) is 5.82 Å². The van der Waals surface area contributed by atoms with Crippen molar-refractivity contribution in [1.29, 1.82) is 5.26 Å². The smallest absolute Gasteiger partial charge is 0.335 e. The van der Waals surface area contributed by atoms with E-state index in [1.54, 1.807) is 47.0 Å². The molecule has 0 bridgehead atoms. The molecule has 1 aromatic heterocycles. The molecule has 0 spiro atoms. The van der Waals surface area contributed by atoms with Gasteiger partial charge in [0.05, 0.1) is 23.7 Å². The second-order valence-electron chi connectivity index (χ2n) is 8.10. The second kappa shape index (κ2) is 11.1. The standard InChI is InChI=1S/C18H21N5O2.C7H6O2/c1-21-17(24)9-16(22-8-2-3-15(20)12-22)23(18(21)25)11-14-6-4-13(10-19)5-7-14;8-7(9)6-4-2-1-3-5-6/h4-7,9,15H,2-3,8,11-12,20H2,1H3;1-5H,(H,8,9)/t15-;/m1./s1. The van der Waals surface area contributed by atoms with Gasteiger partial charge in [-0.3, -0.25) is 13.9 Å². The Kier molecular flexibility index (Phi) is 8.01. The van der Waals surface area contributed by atoms with Crippen LogP contribution < -0.4 is 21.9 Å². The average Bonchev–Trinajstić information content (AvgIpc) is 2.85. The number of hydrogen-bond acceptors (Lipinski definition) is 6. The Morgan fingerprint density at radius 1 is 1.15 bits per heavy atom. The number of carbonyl (C=O) groups is 1. The van der Waals surface area contributed by atoms with Crippen LogP contribution in [0.4, 0.5) is 5.82 Å². The van der Waals surface area contributed by atoms with Crippen LogP contribution in [0, 0.1) is 11.3 Å². The monoisotopic (exact) mass is 461 g/mol. The lowest BCUT2D eigenvalue weighted by atomic mass is 10.1. The summed E-state index contributed by atoms with van der Waals surface area (Å²) in [5.41, 5.74) is 7.17. The lowest BCUT2D eigenvalue weighted by Crippen LogP contribution is -2.47. The van der Waals surface area contributed by atoms with Crippen LogP contribution in [0.3, 0.4) is 0 Å². The second-order valence-corrected chi connectivity index (χ2v) is 8.10. The van der Waals surface area contributed by atoms with Crippen LogP contribution in [-0.2, 0) is 13.6 Å². The Bertz CT molecular complexity index is 1290. The minimum Gasteiger partial charge on any atom is -0.478 e. The fraction of sp³-hybridized carbons (Fsp3) is 0.280. The van der Waals surface area contributed by atoms with E-state index in [0.717, 1.165) is 29.5 Å². The van der Waals surface area contributed by atoms with E-state index in [1.807, 2.05) is 17.0 Å². The summed E-state index contributed by atoms with van der Waals surface area (Å²) in [5.74, 6) is -0.275. The van der Waals surface area contributed by atoms with Crippen molar-refractivity contribution in [1.82, 2.24) is 9.13 Å².